The third-order valence-corrected chi connectivity index (χ3v) is 5.55. The van der Waals surface area contributed by atoms with E-state index in [2.05, 4.69) is 9.80 Å². The van der Waals surface area contributed by atoms with Gasteiger partial charge in [0.25, 0.3) is 0 Å². The number of likely N-dealkylation sites (tertiary alicyclic amines) is 2. The number of carbonyl (C=O) groups excluding carboxylic acids is 1. The van der Waals surface area contributed by atoms with Crippen molar-refractivity contribution in [2.45, 2.75) is 63.5 Å². The van der Waals surface area contributed by atoms with Crippen molar-refractivity contribution in [2.75, 3.05) is 26.2 Å². The summed E-state index contributed by atoms with van der Waals surface area (Å²) in [5.74, 6) is 1.16. The molecule has 1 saturated carbocycles. The van der Waals surface area contributed by atoms with E-state index >= 15 is 0 Å². The summed E-state index contributed by atoms with van der Waals surface area (Å²) in [5, 5.41) is 0. The van der Waals surface area contributed by atoms with Gasteiger partial charge in [-0.05, 0) is 44.4 Å². The van der Waals surface area contributed by atoms with Crippen molar-refractivity contribution in [2.24, 2.45) is 11.7 Å². The molecule has 1 aliphatic carbocycles. The Morgan fingerprint density at radius 2 is 1.65 bits per heavy atom. The van der Waals surface area contributed by atoms with Gasteiger partial charge in [0.05, 0.1) is 6.54 Å². The second-order valence-corrected chi connectivity index (χ2v) is 6.95. The van der Waals surface area contributed by atoms with Crippen LogP contribution in [0.1, 0.15) is 51.4 Å². The summed E-state index contributed by atoms with van der Waals surface area (Å²) in [6, 6.07) is 0.899. The van der Waals surface area contributed by atoms with Gasteiger partial charge in [0.1, 0.15) is 0 Å². The fourth-order valence-corrected chi connectivity index (χ4v) is 4.33. The predicted molar refractivity (Wildman–Crippen MR) is 80.3 cm³/mol. The van der Waals surface area contributed by atoms with Crippen LogP contribution in [0.25, 0.3) is 0 Å². The van der Waals surface area contributed by atoms with Crippen molar-refractivity contribution < 1.29 is 4.79 Å². The summed E-state index contributed by atoms with van der Waals surface area (Å²) in [7, 11) is 0. The van der Waals surface area contributed by atoms with Gasteiger partial charge in [-0.3, -0.25) is 9.69 Å². The molecule has 4 heteroatoms. The second-order valence-electron chi connectivity index (χ2n) is 6.95. The van der Waals surface area contributed by atoms with Gasteiger partial charge in [0, 0.05) is 31.7 Å². The van der Waals surface area contributed by atoms with Gasteiger partial charge in [-0.25, -0.2) is 0 Å². The van der Waals surface area contributed by atoms with Gasteiger partial charge < -0.3 is 10.6 Å². The number of fused-ring (bicyclic) bond motifs is 1. The lowest BCUT2D eigenvalue weighted by Crippen LogP contribution is -2.53. The molecule has 0 bridgehead atoms. The SMILES string of the molecule is NC1CCN(CC(=O)N2CCCC3CCCCC32)CC1. The first-order valence-corrected chi connectivity index (χ1v) is 8.51. The first-order valence-electron chi connectivity index (χ1n) is 8.51. The first-order chi connectivity index (χ1) is 9.74. The highest BCUT2D eigenvalue weighted by molar-refractivity contribution is 5.78. The highest BCUT2D eigenvalue weighted by Gasteiger charge is 2.36. The average Bonchev–Trinajstić information content (AvgIpc) is 2.49. The van der Waals surface area contributed by atoms with Gasteiger partial charge in [-0.15, -0.1) is 0 Å². The monoisotopic (exact) mass is 279 g/mol. The van der Waals surface area contributed by atoms with Crippen LogP contribution in [0.2, 0.25) is 0 Å². The van der Waals surface area contributed by atoms with E-state index in [1.54, 1.807) is 0 Å². The third-order valence-electron chi connectivity index (χ3n) is 5.55. The lowest BCUT2D eigenvalue weighted by atomic mass is 9.78. The molecule has 0 radical (unpaired) electrons. The number of amides is 1. The minimum Gasteiger partial charge on any atom is -0.338 e. The van der Waals surface area contributed by atoms with E-state index in [4.69, 9.17) is 5.73 Å². The number of hydrogen-bond acceptors (Lipinski definition) is 3. The van der Waals surface area contributed by atoms with E-state index in [0.29, 0.717) is 24.5 Å². The molecule has 3 aliphatic rings. The molecule has 0 spiro atoms. The zero-order valence-corrected chi connectivity index (χ0v) is 12.6. The molecule has 2 heterocycles. The van der Waals surface area contributed by atoms with Crippen molar-refractivity contribution in [3.8, 4) is 0 Å². The van der Waals surface area contributed by atoms with Crippen LogP contribution in [0, 0.1) is 5.92 Å². The second kappa shape index (κ2) is 6.44. The maximum atomic E-state index is 12.7. The first kappa shape index (κ1) is 14.3. The lowest BCUT2D eigenvalue weighted by Gasteiger charge is -2.45. The smallest absolute Gasteiger partial charge is 0.237 e. The van der Waals surface area contributed by atoms with Gasteiger partial charge in [-0.2, -0.15) is 0 Å². The molecular formula is C16H29N3O. The maximum Gasteiger partial charge on any atom is 0.237 e. The Hall–Kier alpha value is -0.610. The number of nitrogens with zero attached hydrogens (tertiary/aromatic N) is 2. The molecule has 1 amide bonds. The zero-order valence-electron chi connectivity index (χ0n) is 12.6. The molecule has 2 N–H and O–H groups in total. The van der Waals surface area contributed by atoms with E-state index < -0.39 is 0 Å². The zero-order chi connectivity index (χ0) is 13.9. The summed E-state index contributed by atoms with van der Waals surface area (Å²) in [6.45, 7) is 3.60. The Balaban J connectivity index is 1.55. The van der Waals surface area contributed by atoms with Crippen LogP contribution in [0.3, 0.4) is 0 Å². The van der Waals surface area contributed by atoms with Crippen LogP contribution < -0.4 is 5.73 Å². The predicted octanol–water partition coefficient (Wildman–Crippen LogP) is 1.59. The molecule has 4 nitrogen and oxygen atoms in total. The summed E-state index contributed by atoms with van der Waals surface area (Å²) < 4.78 is 0. The van der Waals surface area contributed by atoms with Gasteiger partial charge in [0.2, 0.25) is 5.91 Å². The molecule has 0 aromatic rings. The van der Waals surface area contributed by atoms with Crippen molar-refractivity contribution in [1.29, 1.82) is 0 Å². The molecule has 3 rings (SSSR count). The van der Waals surface area contributed by atoms with E-state index in [1.165, 1.54) is 38.5 Å². The minimum atomic E-state index is 0.346. The van der Waals surface area contributed by atoms with Crippen molar-refractivity contribution >= 4 is 5.91 Å². The Labute approximate surface area is 122 Å². The third kappa shape index (κ3) is 3.17. The van der Waals surface area contributed by atoms with Crippen LogP contribution in [0.5, 0.6) is 0 Å². The van der Waals surface area contributed by atoms with Gasteiger partial charge in [-0.1, -0.05) is 12.8 Å². The van der Waals surface area contributed by atoms with Crippen LogP contribution >= 0.6 is 0 Å². The molecule has 3 fully saturated rings. The summed E-state index contributed by atoms with van der Waals surface area (Å²) in [6.07, 6.45) is 9.88. The number of piperidine rings is 2. The molecule has 114 valence electrons. The van der Waals surface area contributed by atoms with Crippen LogP contribution in [-0.2, 0) is 4.79 Å². The molecular weight excluding hydrogens is 250 g/mol. The summed E-state index contributed by atoms with van der Waals surface area (Å²) in [5.41, 5.74) is 5.94. The van der Waals surface area contributed by atoms with Gasteiger partial charge in [0.15, 0.2) is 0 Å². The fourth-order valence-electron chi connectivity index (χ4n) is 4.33. The molecule has 20 heavy (non-hydrogen) atoms. The van der Waals surface area contributed by atoms with Gasteiger partial charge >= 0.3 is 0 Å². The van der Waals surface area contributed by atoms with E-state index in [-0.39, 0.29) is 0 Å². The van der Waals surface area contributed by atoms with Crippen LogP contribution in [0.15, 0.2) is 0 Å². The fraction of sp³-hybridized carbons (Fsp3) is 0.938. The van der Waals surface area contributed by atoms with Crippen molar-refractivity contribution in [3.05, 3.63) is 0 Å². The van der Waals surface area contributed by atoms with Crippen molar-refractivity contribution in [3.63, 3.8) is 0 Å². The Morgan fingerprint density at radius 3 is 2.45 bits per heavy atom. The Morgan fingerprint density at radius 1 is 0.950 bits per heavy atom. The summed E-state index contributed by atoms with van der Waals surface area (Å²) in [4.78, 5) is 17.2. The molecule has 2 atom stereocenters. The highest BCUT2D eigenvalue weighted by atomic mass is 16.2. The molecule has 2 saturated heterocycles. The maximum absolute atomic E-state index is 12.7. The van der Waals surface area contributed by atoms with Crippen LogP contribution in [-0.4, -0.2) is 54.0 Å². The number of nitrogens with two attached hydrogens (primary N) is 1. The topological polar surface area (TPSA) is 49.6 Å². The standard InChI is InChI=1S/C16H29N3O/c17-14-7-10-18(11-8-14)12-16(20)19-9-3-5-13-4-1-2-6-15(13)19/h13-15H,1-12,17H2. The van der Waals surface area contributed by atoms with Crippen LogP contribution in [0.4, 0.5) is 0 Å². The normalized spacial score (nSPS) is 33.0. The number of carbonyl (C=O) groups is 1. The lowest BCUT2D eigenvalue weighted by molar-refractivity contribution is -0.139. The number of hydrogen-bond donors (Lipinski definition) is 1. The highest BCUT2D eigenvalue weighted by Crippen LogP contribution is 2.35. The molecule has 0 aromatic heterocycles. The van der Waals surface area contributed by atoms with E-state index in [1.807, 2.05) is 0 Å². The molecule has 0 aromatic carbocycles. The van der Waals surface area contributed by atoms with Crippen molar-refractivity contribution in [1.82, 2.24) is 9.80 Å². The van der Waals surface area contributed by atoms with E-state index in [0.717, 1.165) is 38.4 Å². The molecule has 2 aliphatic heterocycles. The molecule has 2 unspecified atom stereocenters. The minimum absolute atomic E-state index is 0.346. The number of rotatable bonds is 2. The Bertz CT molecular complexity index is 337. The van der Waals surface area contributed by atoms with E-state index in [9.17, 15) is 4.79 Å². The average molecular weight is 279 g/mol. The Kier molecular flexibility index (Phi) is 4.61. The largest absolute Gasteiger partial charge is 0.338 e. The quantitative estimate of drug-likeness (QED) is 0.835. The summed E-state index contributed by atoms with van der Waals surface area (Å²) >= 11 is 0.